The van der Waals surface area contributed by atoms with Gasteiger partial charge in [-0.25, -0.2) is 0 Å². The van der Waals surface area contributed by atoms with E-state index in [2.05, 4.69) is 19.2 Å². The van der Waals surface area contributed by atoms with E-state index in [1.807, 2.05) is 24.3 Å². The number of nitro groups is 1. The molecule has 1 N–H and O–H groups in total. The molecule has 138 valence electrons. The molecule has 0 aliphatic heterocycles. The maximum absolute atomic E-state index is 12.1. The molecule has 0 aliphatic rings. The van der Waals surface area contributed by atoms with Crippen molar-refractivity contribution in [2.45, 2.75) is 33.1 Å². The summed E-state index contributed by atoms with van der Waals surface area (Å²) in [5.41, 5.74) is 1.99. The Morgan fingerprint density at radius 2 is 1.96 bits per heavy atom. The van der Waals surface area contributed by atoms with Crippen LogP contribution in [0, 0.1) is 17.0 Å². The van der Waals surface area contributed by atoms with Crippen molar-refractivity contribution in [1.82, 2.24) is 0 Å². The Kier molecular flexibility index (Phi) is 6.58. The third-order valence-electron chi connectivity index (χ3n) is 4.20. The molecule has 0 aromatic heterocycles. The van der Waals surface area contributed by atoms with Gasteiger partial charge in [0.05, 0.1) is 4.92 Å². The molecule has 26 heavy (non-hydrogen) atoms. The van der Waals surface area contributed by atoms with E-state index in [1.54, 1.807) is 6.92 Å². The van der Waals surface area contributed by atoms with Crippen LogP contribution < -0.4 is 10.1 Å². The summed E-state index contributed by atoms with van der Waals surface area (Å²) in [7, 11) is 0. The number of nitrogens with one attached hydrogen (secondary N) is 1. The molecule has 0 radical (unpaired) electrons. The normalized spacial score (nSPS) is 11.7. The number of nitro benzene ring substituents is 1. The summed E-state index contributed by atoms with van der Waals surface area (Å²) in [6.45, 7) is 5.77. The molecule has 6 nitrogen and oxygen atoms in total. The number of carbonyl (C=O) groups is 1. The molecule has 2 aromatic carbocycles. The van der Waals surface area contributed by atoms with E-state index >= 15 is 0 Å². The van der Waals surface area contributed by atoms with E-state index in [0.29, 0.717) is 22.9 Å². The van der Waals surface area contributed by atoms with Gasteiger partial charge in [-0.2, -0.15) is 0 Å². The SMILES string of the molecule is CC[C@H](C)c1ccc(OCC(=O)Nc2cc(Cl)c([N+](=O)[O-])cc2C)cc1. The second-order valence-corrected chi connectivity index (χ2v) is 6.50. The average molecular weight is 377 g/mol. The lowest BCUT2D eigenvalue weighted by Crippen LogP contribution is -2.20. The first-order valence-corrected chi connectivity index (χ1v) is 8.66. The third kappa shape index (κ3) is 4.95. The Balaban J connectivity index is 1.97. The van der Waals surface area contributed by atoms with Crippen LogP contribution in [-0.2, 0) is 4.79 Å². The second kappa shape index (κ2) is 8.67. The highest BCUT2D eigenvalue weighted by molar-refractivity contribution is 6.33. The van der Waals surface area contributed by atoms with Gasteiger partial charge in [0, 0.05) is 11.8 Å². The molecule has 0 spiro atoms. The van der Waals surface area contributed by atoms with Crippen molar-refractivity contribution in [1.29, 1.82) is 0 Å². The number of nitrogens with zero attached hydrogens (tertiary/aromatic N) is 1. The molecule has 0 saturated carbocycles. The van der Waals surface area contributed by atoms with Crippen molar-refractivity contribution < 1.29 is 14.5 Å². The van der Waals surface area contributed by atoms with Crippen LogP contribution in [0.5, 0.6) is 5.75 Å². The Morgan fingerprint density at radius 1 is 1.31 bits per heavy atom. The fourth-order valence-electron chi connectivity index (χ4n) is 2.40. The first-order chi connectivity index (χ1) is 12.3. The topological polar surface area (TPSA) is 81.5 Å². The number of aryl methyl sites for hydroxylation is 1. The van der Waals surface area contributed by atoms with Crippen molar-refractivity contribution in [2.24, 2.45) is 0 Å². The molecule has 7 heteroatoms. The molecule has 0 heterocycles. The number of ether oxygens (including phenoxy) is 1. The maximum atomic E-state index is 12.1. The molecule has 2 rings (SSSR count). The van der Waals surface area contributed by atoms with Crippen LogP contribution >= 0.6 is 11.6 Å². The summed E-state index contributed by atoms with van der Waals surface area (Å²) < 4.78 is 5.49. The molecular weight excluding hydrogens is 356 g/mol. The predicted octanol–water partition coefficient (Wildman–Crippen LogP) is 5.09. The number of hydrogen-bond acceptors (Lipinski definition) is 4. The van der Waals surface area contributed by atoms with Crippen LogP contribution in [0.15, 0.2) is 36.4 Å². The van der Waals surface area contributed by atoms with Gasteiger partial charge < -0.3 is 10.1 Å². The summed E-state index contributed by atoms with van der Waals surface area (Å²) in [4.78, 5) is 22.4. The first kappa shape index (κ1) is 19.7. The third-order valence-corrected chi connectivity index (χ3v) is 4.50. The Hall–Kier alpha value is -2.60. The first-order valence-electron chi connectivity index (χ1n) is 8.29. The zero-order valence-electron chi connectivity index (χ0n) is 14.9. The van der Waals surface area contributed by atoms with Crippen molar-refractivity contribution in [3.05, 3.63) is 62.7 Å². The predicted molar refractivity (Wildman–Crippen MR) is 102 cm³/mol. The molecule has 0 fully saturated rings. The molecular formula is C19H21ClN2O4. The van der Waals surface area contributed by atoms with Crippen LogP contribution in [0.1, 0.15) is 37.3 Å². The fraction of sp³-hybridized carbons (Fsp3) is 0.316. The monoisotopic (exact) mass is 376 g/mol. The zero-order chi connectivity index (χ0) is 19.3. The Morgan fingerprint density at radius 3 is 2.54 bits per heavy atom. The van der Waals surface area contributed by atoms with Crippen molar-refractivity contribution in [2.75, 3.05) is 11.9 Å². The van der Waals surface area contributed by atoms with Crippen LogP contribution in [0.3, 0.4) is 0 Å². The Labute approximate surface area is 157 Å². The zero-order valence-corrected chi connectivity index (χ0v) is 15.7. The number of hydrogen-bond donors (Lipinski definition) is 1. The van der Waals surface area contributed by atoms with Crippen molar-refractivity contribution in [3.63, 3.8) is 0 Å². The van der Waals surface area contributed by atoms with Crippen LogP contribution in [0.4, 0.5) is 11.4 Å². The van der Waals surface area contributed by atoms with Crippen LogP contribution in [0.25, 0.3) is 0 Å². The number of halogens is 1. The highest BCUT2D eigenvalue weighted by Crippen LogP contribution is 2.30. The summed E-state index contributed by atoms with van der Waals surface area (Å²) in [5, 5.41) is 13.5. The number of amides is 1. The molecule has 0 unspecified atom stereocenters. The number of anilines is 1. The van der Waals surface area contributed by atoms with Gasteiger partial charge in [0.1, 0.15) is 10.8 Å². The van der Waals surface area contributed by atoms with Gasteiger partial charge in [0.2, 0.25) is 0 Å². The van der Waals surface area contributed by atoms with Gasteiger partial charge in [-0.05, 0) is 48.6 Å². The second-order valence-electron chi connectivity index (χ2n) is 6.09. The van der Waals surface area contributed by atoms with Crippen LogP contribution in [0.2, 0.25) is 5.02 Å². The lowest BCUT2D eigenvalue weighted by atomic mass is 9.99. The molecule has 0 aliphatic carbocycles. The lowest BCUT2D eigenvalue weighted by Gasteiger charge is -2.12. The van der Waals surface area contributed by atoms with E-state index in [0.717, 1.165) is 6.42 Å². The van der Waals surface area contributed by atoms with E-state index in [9.17, 15) is 14.9 Å². The van der Waals surface area contributed by atoms with E-state index in [4.69, 9.17) is 16.3 Å². The van der Waals surface area contributed by atoms with Gasteiger partial charge in [-0.1, -0.05) is 37.6 Å². The molecule has 0 bridgehead atoms. The number of rotatable bonds is 7. The van der Waals surface area contributed by atoms with E-state index in [-0.39, 0.29) is 23.2 Å². The number of benzene rings is 2. The molecule has 1 amide bonds. The summed E-state index contributed by atoms with van der Waals surface area (Å²) >= 11 is 5.88. The van der Waals surface area contributed by atoms with Gasteiger partial charge in [-0.15, -0.1) is 0 Å². The number of carbonyl (C=O) groups excluding carboxylic acids is 1. The standard InChI is InChI=1S/C19H21ClN2O4/c1-4-12(2)14-5-7-15(8-6-14)26-11-19(23)21-17-10-16(20)18(22(24)25)9-13(17)3/h5-10,12H,4,11H2,1-3H3,(H,21,23)/t12-/m0/s1. The highest BCUT2D eigenvalue weighted by atomic mass is 35.5. The minimum absolute atomic E-state index is 0.0301. The van der Waals surface area contributed by atoms with Crippen molar-refractivity contribution in [3.8, 4) is 5.75 Å². The summed E-state index contributed by atoms with van der Waals surface area (Å²) in [5.74, 6) is 0.705. The van der Waals surface area contributed by atoms with E-state index in [1.165, 1.54) is 17.7 Å². The highest BCUT2D eigenvalue weighted by Gasteiger charge is 2.16. The molecule has 0 saturated heterocycles. The quantitative estimate of drug-likeness (QED) is 0.539. The average Bonchev–Trinajstić information content (AvgIpc) is 2.62. The minimum atomic E-state index is -0.562. The van der Waals surface area contributed by atoms with Gasteiger partial charge in [0.15, 0.2) is 6.61 Å². The van der Waals surface area contributed by atoms with Gasteiger partial charge in [-0.3, -0.25) is 14.9 Å². The molecule has 1 atom stereocenters. The van der Waals surface area contributed by atoms with Crippen LogP contribution in [-0.4, -0.2) is 17.4 Å². The largest absolute Gasteiger partial charge is 0.484 e. The smallest absolute Gasteiger partial charge is 0.288 e. The molecule has 2 aromatic rings. The summed E-state index contributed by atoms with van der Waals surface area (Å²) in [6.07, 6.45) is 1.06. The van der Waals surface area contributed by atoms with Gasteiger partial charge in [0.25, 0.3) is 11.6 Å². The van der Waals surface area contributed by atoms with Crippen molar-refractivity contribution >= 4 is 28.9 Å². The summed E-state index contributed by atoms with van der Waals surface area (Å²) in [6, 6.07) is 10.3. The maximum Gasteiger partial charge on any atom is 0.288 e. The van der Waals surface area contributed by atoms with Gasteiger partial charge >= 0.3 is 0 Å². The fourth-order valence-corrected chi connectivity index (χ4v) is 2.64. The Bertz CT molecular complexity index is 806. The van der Waals surface area contributed by atoms with E-state index < -0.39 is 4.92 Å². The minimum Gasteiger partial charge on any atom is -0.484 e. The lowest BCUT2D eigenvalue weighted by molar-refractivity contribution is -0.384.